The summed E-state index contributed by atoms with van der Waals surface area (Å²) in [6.07, 6.45) is 0. The molecule has 0 fully saturated rings. The zero-order valence-electron chi connectivity index (χ0n) is 7.88. The van der Waals surface area contributed by atoms with Gasteiger partial charge in [-0.15, -0.1) is 5.46 Å². The van der Waals surface area contributed by atoms with E-state index in [0.29, 0.717) is 5.30 Å². The molecule has 0 atom stereocenters. The molecule has 78 valence electrons. The van der Waals surface area contributed by atoms with E-state index in [9.17, 15) is 17.5 Å². The van der Waals surface area contributed by atoms with E-state index in [0.717, 1.165) is 12.1 Å². The van der Waals surface area contributed by atoms with Gasteiger partial charge in [0.05, 0.1) is 0 Å². The van der Waals surface area contributed by atoms with Gasteiger partial charge in [-0.25, -0.2) is 0 Å². The largest absolute Gasteiger partial charge is 0.509 e. The monoisotopic (exact) mass is 221 g/mol. The second kappa shape index (κ2) is 3.46. The lowest BCUT2D eigenvalue weighted by Gasteiger charge is -2.15. The van der Waals surface area contributed by atoms with Crippen molar-refractivity contribution >= 4 is 24.9 Å². The number of benzene rings is 1. The molecule has 1 aromatic rings. The van der Waals surface area contributed by atoms with Gasteiger partial charge in [0.2, 0.25) is 0 Å². The number of rotatable bonds is 2. The predicted octanol–water partition coefficient (Wildman–Crippen LogP) is 1.99. The molecule has 1 rings (SSSR count). The van der Waals surface area contributed by atoms with Crippen molar-refractivity contribution in [2.75, 3.05) is 13.3 Å². The van der Waals surface area contributed by atoms with Crippen molar-refractivity contribution in [3.63, 3.8) is 0 Å². The van der Waals surface area contributed by atoms with Crippen molar-refractivity contribution in [1.82, 2.24) is 0 Å². The topological polar surface area (TPSA) is 17.1 Å². The minimum atomic E-state index is -4.95. The van der Waals surface area contributed by atoms with Gasteiger partial charge >= 0.3 is 6.98 Å². The summed E-state index contributed by atoms with van der Waals surface area (Å²) < 4.78 is 48.1. The Morgan fingerprint density at radius 1 is 1.07 bits per heavy atom. The summed E-state index contributed by atoms with van der Waals surface area (Å²) in [5.41, 5.74) is -0.651. The van der Waals surface area contributed by atoms with Gasteiger partial charge in [-0.1, -0.05) is 24.3 Å². The molecule has 0 aliphatic rings. The second-order valence-corrected chi connectivity index (χ2v) is 6.74. The van der Waals surface area contributed by atoms with Gasteiger partial charge in [0.15, 0.2) is 0 Å². The first-order valence-electron chi connectivity index (χ1n) is 4.07. The van der Waals surface area contributed by atoms with E-state index in [2.05, 4.69) is 0 Å². The van der Waals surface area contributed by atoms with Crippen LogP contribution in [0.25, 0.3) is 0 Å². The van der Waals surface area contributed by atoms with Crippen LogP contribution in [0, 0.1) is 0 Å². The van der Waals surface area contributed by atoms with E-state index in [-0.39, 0.29) is 0 Å². The average molecular weight is 221 g/mol. The van der Waals surface area contributed by atoms with Crippen LogP contribution in [-0.4, -0.2) is 20.3 Å². The van der Waals surface area contributed by atoms with Gasteiger partial charge in [0, 0.05) is 5.30 Å². The van der Waals surface area contributed by atoms with Gasteiger partial charge in [0.1, 0.15) is 7.14 Å². The molecule has 0 aliphatic carbocycles. The van der Waals surface area contributed by atoms with Crippen molar-refractivity contribution in [2.45, 2.75) is 0 Å². The molecule has 14 heavy (non-hydrogen) atoms. The molecule has 0 heterocycles. The highest BCUT2D eigenvalue weighted by Gasteiger charge is 2.25. The third kappa shape index (κ3) is 2.64. The molecule has 0 saturated carbocycles. The first kappa shape index (κ1) is 11.4. The number of hydrogen-bond acceptors (Lipinski definition) is 1. The zero-order valence-corrected chi connectivity index (χ0v) is 8.77. The Balaban J connectivity index is 3.08. The minimum Gasteiger partial charge on any atom is -0.445 e. The minimum absolute atomic E-state index is 0.473. The van der Waals surface area contributed by atoms with Crippen LogP contribution in [0.4, 0.5) is 12.9 Å². The molecular weight excluding hydrogens is 211 g/mol. The summed E-state index contributed by atoms with van der Waals surface area (Å²) in [7, 11) is -2.45. The maximum absolute atomic E-state index is 12.2. The Morgan fingerprint density at radius 3 is 1.79 bits per heavy atom. The van der Waals surface area contributed by atoms with Gasteiger partial charge < -0.3 is 17.5 Å². The maximum atomic E-state index is 12.2. The molecule has 6 heteroatoms. The standard InChI is InChI=1S/C8H10BF3OP/c1-14(2,13)8-5-3-7(4-6-8)9(10,11)12/h3-6H,1-2H3/q-1. The van der Waals surface area contributed by atoms with Gasteiger partial charge in [-0.2, -0.15) is 0 Å². The fraction of sp³-hybridized carbons (Fsp3) is 0.250. The molecular formula is C8H10BF3OP-. The van der Waals surface area contributed by atoms with E-state index in [1.807, 2.05) is 0 Å². The van der Waals surface area contributed by atoms with E-state index in [1.165, 1.54) is 25.5 Å². The van der Waals surface area contributed by atoms with E-state index < -0.39 is 19.6 Å². The van der Waals surface area contributed by atoms with E-state index in [1.54, 1.807) is 0 Å². The van der Waals surface area contributed by atoms with Crippen LogP contribution in [0.15, 0.2) is 24.3 Å². The highest BCUT2D eigenvalue weighted by Crippen LogP contribution is 2.33. The second-order valence-electron chi connectivity index (χ2n) is 3.52. The summed E-state index contributed by atoms with van der Waals surface area (Å²) in [4.78, 5) is 0. The maximum Gasteiger partial charge on any atom is 0.509 e. The third-order valence-electron chi connectivity index (χ3n) is 1.89. The fourth-order valence-corrected chi connectivity index (χ4v) is 1.92. The summed E-state index contributed by atoms with van der Waals surface area (Å²) in [5, 5.41) is 0.473. The summed E-state index contributed by atoms with van der Waals surface area (Å²) in [6.45, 7) is -1.89. The molecule has 0 unspecified atom stereocenters. The normalized spacial score (nSPS) is 12.9. The quantitative estimate of drug-likeness (QED) is 0.551. The molecule has 0 spiro atoms. The molecule has 0 radical (unpaired) electrons. The Kier molecular flexibility index (Phi) is 2.82. The van der Waals surface area contributed by atoms with Gasteiger partial charge in [-0.3, -0.25) is 0 Å². The molecule has 0 bridgehead atoms. The summed E-state index contributed by atoms with van der Waals surface area (Å²) >= 11 is 0. The van der Waals surface area contributed by atoms with E-state index >= 15 is 0 Å². The average Bonchev–Trinajstić information content (AvgIpc) is 2.01. The third-order valence-corrected chi connectivity index (χ3v) is 3.43. The first-order valence-corrected chi connectivity index (χ1v) is 6.67. The molecule has 0 saturated heterocycles. The lowest BCUT2D eigenvalue weighted by molar-refractivity contribution is 0.501. The molecule has 0 amide bonds. The molecule has 0 aliphatic heterocycles. The van der Waals surface area contributed by atoms with Crippen LogP contribution >= 0.6 is 7.14 Å². The highest BCUT2D eigenvalue weighted by molar-refractivity contribution is 7.70. The van der Waals surface area contributed by atoms with Crippen LogP contribution in [0.1, 0.15) is 0 Å². The van der Waals surface area contributed by atoms with Crippen LogP contribution in [-0.2, 0) is 4.57 Å². The first-order chi connectivity index (χ1) is 6.21. The molecule has 1 nitrogen and oxygen atoms in total. The predicted molar refractivity (Wildman–Crippen MR) is 54.2 cm³/mol. The van der Waals surface area contributed by atoms with Crippen LogP contribution in [0.2, 0.25) is 0 Å². The van der Waals surface area contributed by atoms with Crippen molar-refractivity contribution in [2.24, 2.45) is 0 Å². The van der Waals surface area contributed by atoms with E-state index in [4.69, 9.17) is 0 Å². The molecule has 0 N–H and O–H groups in total. The number of hydrogen-bond donors (Lipinski definition) is 0. The lowest BCUT2D eigenvalue weighted by Crippen LogP contribution is -2.34. The van der Waals surface area contributed by atoms with Crippen LogP contribution < -0.4 is 10.8 Å². The van der Waals surface area contributed by atoms with Crippen molar-refractivity contribution < 1.29 is 17.5 Å². The van der Waals surface area contributed by atoms with Crippen LogP contribution in [0.5, 0.6) is 0 Å². The molecule has 1 aromatic carbocycles. The smallest absolute Gasteiger partial charge is 0.445 e. The Hall–Kier alpha value is -0.695. The van der Waals surface area contributed by atoms with Crippen molar-refractivity contribution in [1.29, 1.82) is 0 Å². The zero-order chi connectivity index (χ0) is 11.0. The number of halogens is 3. The Bertz CT molecular complexity index is 365. The van der Waals surface area contributed by atoms with Crippen molar-refractivity contribution in [3.05, 3.63) is 24.3 Å². The Labute approximate surface area is 80.8 Å². The van der Waals surface area contributed by atoms with Gasteiger partial charge in [0.25, 0.3) is 0 Å². The van der Waals surface area contributed by atoms with Gasteiger partial charge in [-0.05, 0) is 13.3 Å². The highest BCUT2D eigenvalue weighted by atomic mass is 31.2. The SMILES string of the molecule is CP(C)(=O)c1ccc([B-](F)(F)F)cc1. The lowest BCUT2D eigenvalue weighted by atomic mass is 9.80. The summed E-state index contributed by atoms with van der Waals surface area (Å²) in [5.74, 6) is 0. The fourth-order valence-electron chi connectivity index (χ4n) is 1.05. The summed E-state index contributed by atoms with van der Waals surface area (Å²) in [6, 6.07) is 4.53. The van der Waals surface area contributed by atoms with Crippen LogP contribution in [0.3, 0.4) is 0 Å². The molecule has 0 aromatic heterocycles. The Morgan fingerprint density at radius 2 is 1.50 bits per heavy atom. The van der Waals surface area contributed by atoms with Crippen molar-refractivity contribution in [3.8, 4) is 0 Å².